The Hall–Kier alpha value is -2.31. The van der Waals surface area contributed by atoms with Gasteiger partial charge in [-0.25, -0.2) is 0 Å². The molecule has 0 bridgehead atoms. The highest BCUT2D eigenvalue weighted by atomic mass is 16.6. The fourth-order valence-corrected chi connectivity index (χ4v) is 2.42. The standard InChI is InChI=1S/C13H16N2O5/c1-20-11-6-9(5-10(7-11)15(18)19)14-13(3-2-4-13)8-12(16)17/h5-7,14H,2-4,8H2,1H3,(H,16,17). The van der Waals surface area contributed by atoms with Gasteiger partial charge in [-0.3, -0.25) is 14.9 Å². The summed E-state index contributed by atoms with van der Waals surface area (Å²) < 4.78 is 5.03. The van der Waals surface area contributed by atoms with Crippen molar-refractivity contribution in [3.63, 3.8) is 0 Å². The number of nitrogens with zero attached hydrogens (tertiary/aromatic N) is 1. The Morgan fingerprint density at radius 2 is 2.20 bits per heavy atom. The van der Waals surface area contributed by atoms with Gasteiger partial charge in [-0.1, -0.05) is 0 Å². The van der Waals surface area contributed by atoms with E-state index < -0.39 is 16.4 Å². The minimum atomic E-state index is -0.880. The van der Waals surface area contributed by atoms with Crippen LogP contribution in [0.15, 0.2) is 18.2 Å². The van der Waals surface area contributed by atoms with Crippen LogP contribution in [0.5, 0.6) is 5.75 Å². The SMILES string of the molecule is COc1cc(NC2(CC(=O)O)CCC2)cc([N+](=O)[O-])c1. The van der Waals surface area contributed by atoms with E-state index in [-0.39, 0.29) is 12.1 Å². The number of carboxylic acids is 1. The van der Waals surface area contributed by atoms with Crippen molar-refractivity contribution in [2.24, 2.45) is 0 Å². The molecule has 1 saturated carbocycles. The van der Waals surface area contributed by atoms with Crippen molar-refractivity contribution < 1.29 is 19.6 Å². The highest BCUT2D eigenvalue weighted by molar-refractivity contribution is 5.70. The highest BCUT2D eigenvalue weighted by Crippen LogP contribution is 2.39. The first-order valence-corrected chi connectivity index (χ1v) is 6.28. The van der Waals surface area contributed by atoms with Crippen LogP contribution in [0.2, 0.25) is 0 Å². The second-order valence-electron chi connectivity index (χ2n) is 5.01. The van der Waals surface area contributed by atoms with E-state index in [0.717, 1.165) is 19.3 Å². The molecule has 0 aromatic heterocycles. The largest absolute Gasteiger partial charge is 0.496 e. The van der Waals surface area contributed by atoms with Gasteiger partial charge >= 0.3 is 5.97 Å². The number of non-ortho nitro benzene ring substituents is 1. The molecule has 0 saturated heterocycles. The van der Waals surface area contributed by atoms with Gasteiger partial charge in [0.25, 0.3) is 5.69 Å². The maximum Gasteiger partial charge on any atom is 0.305 e. The van der Waals surface area contributed by atoms with Crippen LogP contribution in [0.3, 0.4) is 0 Å². The van der Waals surface area contributed by atoms with Gasteiger partial charge in [-0.15, -0.1) is 0 Å². The molecule has 108 valence electrons. The zero-order chi connectivity index (χ0) is 14.8. The number of nitrogens with one attached hydrogen (secondary N) is 1. The second kappa shape index (κ2) is 5.36. The molecular formula is C13H16N2O5. The zero-order valence-corrected chi connectivity index (χ0v) is 11.1. The van der Waals surface area contributed by atoms with E-state index in [2.05, 4.69) is 5.32 Å². The lowest BCUT2D eigenvalue weighted by atomic mass is 9.74. The number of aliphatic carboxylic acids is 1. The number of nitro benzene ring substituents is 1. The molecule has 1 aromatic carbocycles. The molecule has 20 heavy (non-hydrogen) atoms. The summed E-state index contributed by atoms with van der Waals surface area (Å²) >= 11 is 0. The topological polar surface area (TPSA) is 102 Å². The van der Waals surface area contributed by atoms with Crippen LogP contribution in [0.4, 0.5) is 11.4 Å². The van der Waals surface area contributed by atoms with Crippen LogP contribution >= 0.6 is 0 Å². The van der Waals surface area contributed by atoms with Crippen LogP contribution in [0.25, 0.3) is 0 Å². The van der Waals surface area contributed by atoms with E-state index in [1.165, 1.54) is 19.2 Å². The van der Waals surface area contributed by atoms with Crippen molar-refractivity contribution in [1.29, 1.82) is 0 Å². The smallest absolute Gasteiger partial charge is 0.305 e. The predicted molar refractivity (Wildman–Crippen MR) is 72.1 cm³/mol. The predicted octanol–water partition coefficient (Wildman–Crippen LogP) is 2.41. The fraction of sp³-hybridized carbons (Fsp3) is 0.462. The molecular weight excluding hydrogens is 264 g/mol. The van der Waals surface area contributed by atoms with Gasteiger partial charge < -0.3 is 15.2 Å². The molecule has 1 aromatic rings. The number of carbonyl (C=O) groups is 1. The Morgan fingerprint density at radius 3 is 2.65 bits per heavy atom. The summed E-state index contributed by atoms with van der Waals surface area (Å²) in [6.45, 7) is 0. The minimum Gasteiger partial charge on any atom is -0.496 e. The number of hydrogen-bond donors (Lipinski definition) is 2. The van der Waals surface area contributed by atoms with Crippen molar-refractivity contribution in [2.45, 2.75) is 31.2 Å². The highest BCUT2D eigenvalue weighted by Gasteiger charge is 2.39. The van der Waals surface area contributed by atoms with Crippen LogP contribution in [0.1, 0.15) is 25.7 Å². The summed E-state index contributed by atoms with van der Waals surface area (Å²) in [6.07, 6.45) is 2.43. The summed E-state index contributed by atoms with van der Waals surface area (Å²) in [6, 6.07) is 4.36. The van der Waals surface area contributed by atoms with Gasteiger partial charge in [0.1, 0.15) is 5.75 Å². The Morgan fingerprint density at radius 1 is 1.50 bits per heavy atom. The molecule has 2 N–H and O–H groups in total. The molecule has 1 aliphatic rings. The number of methoxy groups -OCH3 is 1. The molecule has 1 fully saturated rings. The van der Waals surface area contributed by atoms with Crippen LogP contribution < -0.4 is 10.1 Å². The zero-order valence-electron chi connectivity index (χ0n) is 11.1. The average molecular weight is 280 g/mol. The van der Waals surface area contributed by atoms with Gasteiger partial charge in [-0.2, -0.15) is 0 Å². The molecule has 0 heterocycles. The first kappa shape index (κ1) is 14.1. The summed E-state index contributed by atoms with van der Waals surface area (Å²) in [7, 11) is 1.43. The van der Waals surface area contributed by atoms with Gasteiger partial charge in [-0.05, 0) is 19.3 Å². The fourth-order valence-electron chi connectivity index (χ4n) is 2.42. The number of ether oxygens (including phenoxy) is 1. The second-order valence-corrected chi connectivity index (χ2v) is 5.01. The number of benzene rings is 1. The molecule has 0 unspecified atom stereocenters. The third-order valence-corrected chi connectivity index (χ3v) is 3.55. The summed E-state index contributed by atoms with van der Waals surface area (Å²) in [5.74, 6) is -0.513. The van der Waals surface area contributed by atoms with Crippen molar-refractivity contribution in [3.8, 4) is 5.75 Å². The molecule has 0 amide bonds. The number of hydrogen-bond acceptors (Lipinski definition) is 5. The Balaban J connectivity index is 2.25. The van der Waals surface area contributed by atoms with E-state index in [0.29, 0.717) is 11.4 Å². The van der Waals surface area contributed by atoms with Gasteiger partial charge in [0.2, 0.25) is 0 Å². The molecule has 0 aliphatic heterocycles. The lowest BCUT2D eigenvalue weighted by Crippen LogP contribution is -2.46. The third kappa shape index (κ3) is 2.98. The van der Waals surface area contributed by atoms with Gasteiger partial charge in [0.05, 0.1) is 24.5 Å². The van der Waals surface area contributed by atoms with Crippen molar-refractivity contribution in [1.82, 2.24) is 0 Å². The molecule has 1 aliphatic carbocycles. The van der Waals surface area contributed by atoms with E-state index in [4.69, 9.17) is 9.84 Å². The Kier molecular flexibility index (Phi) is 3.78. The van der Waals surface area contributed by atoms with E-state index in [1.54, 1.807) is 6.07 Å². The maximum absolute atomic E-state index is 10.9. The molecule has 7 heteroatoms. The molecule has 7 nitrogen and oxygen atoms in total. The summed E-state index contributed by atoms with van der Waals surface area (Å²) in [5.41, 5.74) is -0.0832. The molecule has 0 spiro atoms. The molecule has 0 radical (unpaired) electrons. The van der Waals surface area contributed by atoms with Crippen molar-refractivity contribution in [2.75, 3.05) is 12.4 Å². The monoisotopic (exact) mass is 280 g/mol. The van der Waals surface area contributed by atoms with E-state index >= 15 is 0 Å². The van der Waals surface area contributed by atoms with Crippen molar-refractivity contribution in [3.05, 3.63) is 28.3 Å². The first-order chi connectivity index (χ1) is 9.44. The molecule has 0 atom stereocenters. The van der Waals surface area contributed by atoms with Gasteiger partial charge in [0.15, 0.2) is 0 Å². The van der Waals surface area contributed by atoms with Gasteiger partial charge in [0, 0.05) is 23.4 Å². The normalized spacial score (nSPS) is 16.1. The number of carboxylic acid groups (broad SMARTS) is 1. The summed E-state index contributed by atoms with van der Waals surface area (Å²) in [4.78, 5) is 21.3. The third-order valence-electron chi connectivity index (χ3n) is 3.55. The lowest BCUT2D eigenvalue weighted by Gasteiger charge is -2.42. The van der Waals surface area contributed by atoms with E-state index in [9.17, 15) is 14.9 Å². The maximum atomic E-state index is 10.9. The van der Waals surface area contributed by atoms with Crippen LogP contribution in [0, 0.1) is 10.1 Å². The average Bonchev–Trinajstić information content (AvgIpc) is 2.35. The molecule has 2 rings (SSSR count). The quantitative estimate of drug-likeness (QED) is 0.613. The van der Waals surface area contributed by atoms with E-state index in [1.807, 2.05) is 0 Å². The Bertz CT molecular complexity index is 540. The Labute approximate surface area is 115 Å². The summed E-state index contributed by atoms with van der Waals surface area (Å²) in [5, 5.41) is 23.0. The first-order valence-electron chi connectivity index (χ1n) is 6.28. The van der Waals surface area contributed by atoms with Crippen LogP contribution in [-0.4, -0.2) is 28.6 Å². The number of nitro groups is 1. The minimum absolute atomic E-state index is 0.00198. The van der Waals surface area contributed by atoms with Crippen LogP contribution in [-0.2, 0) is 4.79 Å². The number of rotatable bonds is 6. The lowest BCUT2D eigenvalue weighted by molar-refractivity contribution is -0.384. The number of anilines is 1. The van der Waals surface area contributed by atoms with Crippen molar-refractivity contribution >= 4 is 17.3 Å².